The zero-order chi connectivity index (χ0) is 19.2. The third-order valence-electron chi connectivity index (χ3n) is 5.63. The van der Waals surface area contributed by atoms with Crippen molar-refractivity contribution in [1.82, 2.24) is 30.4 Å². The van der Waals surface area contributed by atoms with E-state index in [2.05, 4.69) is 56.1 Å². The second kappa shape index (κ2) is 9.10. The lowest BCUT2D eigenvalue weighted by Gasteiger charge is -2.28. The number of nitrogens with zero attached hydrogens (tertiary/aromatic N) is 5. The summed E-state index contributed by atoms with van der Waals surface area (Å²) in [5, 5.41) is 15.0. The lowest BCUT2D eigenvalue weighted by Crippen LogP contribution is -2.33. The van der Waals surface area contributed by atoms with Crippen LogP contribution in [-0.2, 0) is 30.8 Å². The monoisotopic (exact) mass is 380 g/mol. The maximum atomic E-state index is 12.3. The molecule has 0 unspecified atom stereocenters. The minimum Gasteiger partial charge on any atom is -0.354 e. The molecule has 0 spiro atoms. The molecule has 1 aromatic heterocycles. The SMILES string of the molecule is O=C(Cn1nnnc1CN1CCc2ccccc2C1)NCCC1=CCCCC1. The van der Waals surface area contributed by atoms with Gasteiger partial charge >= 0.3 is 0 Å². The Bertz CT molecular complexity index is 843. The average Bonchev–Trinajstić information content (AvgIpc) is 3.15. The van der Waals surface area contributed by atoms with Gasteiger partial charge in [0.1, 0.15) is 6.54 Å². The molecule has 2 aromatic rings. The number of carbonyl (C=O) groups excluding carboxylic acids is 1. The minimum atomic E-state index is -0.0334. The number of nitrogens with one attached hydrogen (secondary N) is 1. The molecule has 1 aliphatic carbocycles. The molecule has 2 heterocycles. The summed E-state index contributed by atoms with van der Waals surface area (Å²) in [7, 11) is 0. The van der Waals surface area contributed by atoms with Gasteiger partial charge in [0.15, 0.2) is 5.82 Å². The largest absolute Gasteiger partial charge is 0.354 e. The number of aromatic nitrogens is 4. The topological polar surface area (TPSA) is 75.9 Å². The molecular formula is C21H28N6O. The van der Waals surface area contributed by atoms with Crippen molar-refractivity contribution in [2.24, 2.45) is 0 Å². The summed E-state index contributed by atoms with van der Waals surface area (Å²) < 4.78 is 1.62. The Morgan fingerprint density at radius 1 is 1.14 bits per heavy atom. The van der Waals surface area contributed by atoms with Crippen molar-refractivity contribution in [3.63, 3.8) is 0 Å². The van der Waals surface area contributed by atoms with Crippen LogP contribution in [-0.4, -0.2) is 44.1 Å². The number of carbonyl (C=O) groups is 1. The summed E-state index contributed by atoms with van der Waals surface area (Å²) in [6.45, 7) is 3.38. The molecule has 1 aromatic carbocycles. The van der Waals surface area contributed by atoms with E-state index in [9.17, 15) is 4.79 Å². The second-order valence-corrected chi connectivity index (χ2v) is 7.69. The van der Waals surface area contributed by atoms with Crippen molar-refractivity contribution in [1.29, 1.82) is 0 Å². The molecule has 0 radical (unpaired) electrons. The Hall–Kier alpha value is -2.54. The number of fused-ring (bicyclic) bond motifs is 1. The second-order valence-electron chi connectivity index (χ2n) is 7.69. The smallest absolute Gasteiger partial charge is 0.241 e. The first-order valence-corrected chi connectivity index (χ1v) is 10.3. The van der Waals surface area contributed by atoms with Crippen LogP contribution in [0, 0.1) is 0 Å². The quantitative estimate of drug-likeness (QED) is 0.746. The van der Waals surface area contributed by atoms with Crippen molar-refractivity contribution >= 4 is 5.91 Å². The van der Waals surface area contributed by atoms with Crippen LogP contribution in [0.1, 0.15) is 49.1 Å². The van der Waals surface area contributed by atoms with E-state index in [1.165, 1.54) is 42.4 Å². The Morgan fingerprint density at radius 2 is 2.04 bits per heavy atom. The Balaban J connectivity index is 1.27. The standard InChI is InChI=1S/C21H28N6O/c28-21(22-12-10-17-6-2-1-3-7-17)16-27-20(23-24-25-27)15-26-13-11-18-8-4-5-9-19(18)14-26/h4-6,8-9H,1-3,7,10-16H2,(H,22,28). The van der Waals surface area contributed by atoms with Crippen molar-refractivity contribution < 1.29 is 4.79 Å². The Morgan fingerprint density at radius 3 is 2.89 bits per heavy atom. The highest BCUT2D eigenvalue weighted by atomic mass is 16.2. The molecule has 4 rings (SSSR count). The predicted octanol–water partition coefficient (Wildman–Crippen LogP) is 2.24. The zero-order valence-corrected chi connectivity index (χ0v) is 16.3. The number of hydrogen-bond acceptors (Lipinski definition) is 5. The van der Waals surface area contributed by atoms with Crippen LogP contribution in [0.2, 0.25) is 0 Å². The summed E-state index contributed by atoms with van der Waals surface area (Å²) in [4.78, 5) is 14.6. The van der Waals surface area contributed by atoms with E-state index in [4.69, 9.17) is 0 Å². The molecule has 28 heavy (non-hydrogen) atoms. The molecule has 0 atom stereocenters. The number of tetrazole rings is 1. The Kier molecular flexibility index (Phi) is 6.11. The summed E-state index contributed by atoms with van der Waals surface area (Å²) in [6, 6.07) is 8.56. The molecule has 0 saturated heterocycles. The van der Waals surface area contributed by atoms with Crippen LogP contribution in [0.3, 0.4) is 0 Å². The normalized spacial score (nSPS) is 17.1. The molecular weight excluding hydrogens is 352 g/mol. The van der Waals surface area contributed by atoms with Crippen molar-refractivity contribution in [3.05, 3.63) is 52.9 Å². The number of hydrogen-bond donors (Lipinski definition) is 1. The lowest BCUT2D eigenvalue weighted by atomic mass is 9.97. The molecule has 1 aliphatic heterocycles. The van der Waals surface area contributed by atoms with Crippen LogP contribution in [0.4, 0.5) is 0 Å². The fourth-order valence-corrected chi connectivity index (χ4v) is 4.03. The van der Waals surface area contributed by atoms with Gasteiger partial charge in [0.25, 0.3) is 0 Å². The molecule has 0 fully saturated rings. The van der Waals surface area contributed by atoms with Gasteiger partial charge in [-0.15, -0.1) is 5.10 Å². The predicted molar refractivity (Wildman–Crippen MR) is 106 cm³/mol. The van der Waals surface area contributed by atoms with Gasteiger partial charge in [0.2, 0.25) is 5.91 Å². The van der Waals surface area contributed by atoms with E-state index in [0.717, 1.165) is 31.8 Å². The lowest BCUT2D eigenvalue weighted by molar-refractivity contribution is -0.121. The van der Waals surface area contributed by atoms with Gasteiger partial charge in [0.05, 0.1) is 6.54 Å². The molecule has 1 N–H and O–H groups in total. The first kappa shape index (κ1) is 18.8. The maximum Gasteiger partial charge on any atom is 0.241 e. The first-order chi connectivity index (χ1) is 13.8. The van der Waals surface area contributed by atoms with E-state index < -0.39 is 0 Å². The number of allylic oxidation sites excluding steroid dienone is 1. The van der Waals surface area contributed by atoms with Gasteiger partial charge in [-0.25, -0.2) is 4.68 Å². The number of rotatable bonds is 7. The molecule has 0 saturated carbocycles. The fourth-order valence-electron chi connectivity index (χ4n) is 4.03. The third kappa shape index (κ3) is 4.84. The van der Waals surface area contributed by atoms with Crippen LogP contribution in [0.5, 0.6) is 0 Å². The third-order valence-corrected chi connectivity index (χ3v) is 5.63. The summed E-state index contributed by atoms with van der Waals surface area (Å²) >= 11 is 0. The van der Waals surface area contributed by atoms with Gasteiger partial charge < -0.3 is 5.32 Å². The fraction of sp³-hybridized carbons (Fsp3) is 0.524. The molecule has 2 aliphatic rings. The van der Waals surface area contributed by atoms with Crippen LogP contribution in [0.15, 0.2) is 35.9 Å². The van der Waals surface area contributed by atoms with Crippen LogP contribution in [0.25, 0.3) is 0 Å². The van der Waals surface area contributed by atoms with Crippen molar-refractivity contribution in [3.8, 4) is 0 Å². The molecule has 7 heteroatoms. The molecule has 148 valence electrons. The van der Waals surface area contributed by atoms with E-state index in [1.807, 2.05) is 0 Å². The highest BCUT2D eigenvalue weighted by molar-refractivity contribution is 5.75. The van der Waals surface area contributed by atoms with Crippen LogP contribution < -0.4 is 5.32 Å². The molecule has 1 amide bonds. The number of benzene rings is 1. The van der Waals surface area contributed by atoms with E-state index >= 15 is 0 Å². The highest BCUT2D eigenvalue weighted by Crippen LogP contribution is 2.20. The van der Waals surface area contributed by atoms with Crippen molar-refractivity contribution in [2.75, 3.05) is 13.1 Å². The van der Waals surface area contributed by atoms with Gasteiger partial charge in [-0.1, -0.05) is 35.9 Å². The van der Waals surface area contributed by atoms with E-state index in [-0.39, 0.29) is 12.5 Å². The minimum absolute atomic E-state index is 0.0334. The van der Waals surface area contributed by atoms with Crippen LogP contribution >= 0.6 is 0 Å². The van der Waals surface area contributed by atoms with Gasteiger partial charge in [-0.05, 0) is 60.1 Å². The summed E-state index contributed by atoms with van der Waals surface area (Å²) in [5.74, 6) is 0.707. The van der Waals surface area contributed by atoms with Gasteiger partial charge in [-0.2, -0.15) is 0 Å². The molecule has 0 bridgehead atoms. The highest BCUT2D eigenvalue weighted by Gasteiger charge is 2.19. The maximum absolute atomic E-state index is 12.3. The summed E-state index contributed by atoms with van der Waals surface area (Å²) in [5.41, 5.74) is 4.26. The first-order valence-electron chi connectivity index (χ1n) is 10.3. The van der Waals surface area contributed by atoms with Gasteiger partial charge in [0, 0.05) is 19.6 Å². The van der Waals surface area contributed by atoms with E-state index in [1.54, 1.807) is 4.68 Å². The average molecular weight is 380 g/mol. The number of amides is 1. The molecule has 7 nitrogen and oxygen atoms in total. The Labute approximate surface area is 165 Å². The van der Waals surface area contributed by atoms with Crippen molar-refractivity contribution in [2.45, 2.75) is 58.2 Å². The van der Waals surface area contributed by atoms with Gasteiger partial charge in [-0.3, -0.25) is 9.69 Å². The van der Waals surface area contributed by atoms with E-state index in [0.29, 0.717) is 13.1 Å². The summed E-state index contributed by atoms with van der Waals surface area (Å²) in [6.07, 6.45) is 9.22. The zero-order valence-electron chi connectivity index (χ0n) is 16.3.